The van der Waals surface area contributed by atoms with Crippen molar-refractivity contribution in [1.29, 1.82) is 0 Å². The van der Waals surface area contributed by atoms with E-state index in [2.05, 4.69) is 0 Å². The monoisotopic (exact) mass is 232 g/mol. The predicted octanol–water partition coefficient (Wildman–Crippen LogP) is 3.24. The van der Waals surface area contributed by atoms with Crippen molar-refractivity contribution in [2.45, 2.75) is 0 Å². The number of hydrogen-bond acceptors (Lipinski definition) is 2. The summed E-state index contributed by atoms with van der Waals surface area (Å²) in [5, 5.41) is 0.0680. The fourth-order valence-electron chi connectivity index (χ4n) is 1.12. The van der Waals surface area contributed by atoms with Crippen LogP contribution in [-0.2, 0) is 0 Å². The molecule has 2 nitrogen and oxygen atoms in total. The lowest BCUT2D eigenvalue weighted by atomic mass is 10.2. The molecule has 0 fully saturated rings. The van der Waals surface area contributed by atoms with E-state index in [1.165, 1.54) is 12.1 Å². The number of rotatable bonds is 0. The minimum atomic E-state index is -0.726. The summed E-state index contributed by atoms with van der Waals surface area (Å²) in [6.45, 7) is 0. The van der Waals surface area contributed by atoms with Crippen molar-refractivity contribution in [2.24, 2.45) is 0 Å². The van der Waals surface area contributed by atoms with E-state index < -0.39 is 11.4 Å². The van der Waals surface area contributed by atoms with Gasteiger partial charge in [0.2, 0.25) is 0 Å². The molecule has 0 amide bonds. The Morgan fingerprint density at radius 2 is 1.93 bits per heavy atom. The summed E-state index contributed by atoms with van der Waals surface area (Å²) < 4.78 is 17.6. The van der Waals surface area contributed by atoms with Crippen LogP contribution in [0.25, 0.3) is 11.0 Å². The summed E-state index contributed by atoms with van der Waals surface area (Å²) >= 11 is 11.3. The summed E-state index contributed by atoms with van der Waals surface area (Å²) in [5.74, 6) is -0.468. The van der Waals surface area contributed by atoms with E-state index in [9.17, 15) is 9.18 Å². The highest BCUT2D eigenvalue weighted by atomic mass is 35.5. The van der Waals surface area contributed by atoms with Crippen LogP contribution in [0.5, 0.6) is 0 Å². The Bertz CT molecular complexity index is 562. The standard InChI is InChI=1S/C9H3Cl2FO2/c10-7-5-3-4(12)1-2-6(5)14-9(13)8(7)11/h1-3H. The molecule has 2 aromatic rings. The van der Waals surface area contributed by atoms with Crippen LogP contribution in [0.4, 0.5) is 4.39 Å². The van der Waals surface area contributed by atoms with Gasteiger partial charge in [-0.1, -0.05) is 23.2 Å². The highest BCUT2D eigenvalue weighted by Gasteiger charge is 2.10. The molecule has 0 radical (unpaired) electrons. The van der Waals surface area contributed by atoms with Gasteiger partial charge in [0.05, 0.1) is 5.02 Å². The van der Waals surface area contributed by atoms with Gasteiger partial charge in [-0.2, -0.15) is 0 Å². The molecule has 0 aliphatic heterocycles. The van der Waals surface area contributed by atoms with Gasteiger partial charge in [-0.05, 0) is 18.2 Å². The van der Waals surface area contributed by atoms with Crippen molar-refractivity contribution in [2.75, 3.05) is 0 Å². The smallest absolute Gasteiger partial charge is 0.356 e. The molecule has 14 heavy (non-hydrogen) atoms. The molecular weight excluding hydrogens is 230 g/mol. The molecule has 0 bridgehead atoms. The molecule has 72 valence electrons. The zero-order valence-electron chi connectivity index (χ0n) is 6.68. The maximum absolute atomic E-state index is 12.8. The second kappa shape index (κ2) is 3.26. The summed E-state index contributed by atoms with van der Waals surface area (Å²) in [6, 6.07) is 3.66. The topological polar surface area (TPSA) is 30.2 Å². The Morgan fingerprint density at radius 3 is 2.64 bits per heavy atom. The van der Waals surface area contributed by atoms with Crippen LogP contribution in [0.1, 0.15) is 0 Å². The first-order valence-electron chi connectivity index (χ1n) is 3.67. The van der Waals surface area contributed by atoms with E-state index in [0.717, 1.165) is 6.07 Å². The number of benzene rings is 1. The molecule has 0 aliphatic carbocycles. The first-order valence-corrected chi connectivity index (χ1v) is 4.42. The quantitative estimate of drug-likeness (QED) is 0.653. The van der Waals surface area contributed by atoms with Crippen LogP contribution < -0.4 is 5.63 Å². The lowest BCUT2D eigenvalue weighted by molar-refractivity contribution is 0.559. The van der Waals surface area contributed by atoms with Gasteiger partial charge < -0.3 is 4.42 Å². The highest BCUT2D eigenvalue weighted by Crippen LogP contribution is 2.28. The van der Waals surface area contributed by atoms with Crippen molar-refractivity contribution < 1.29 is 8.81 Å². The first kappa shape index (κ1) is 9.49. The fraction of sp³-hybridized carbons (Fsp3) is 0. The second-order valence-electron chi connectivity index (χ2n) is 2.66. The molecule has 0 unspecified atom stereocenters. The van der Waals surface area contributed by atoms with E-state index in [1.807, 2.05) is 0 Å². The van der Waals surface area contributed by atoms with Crippen molar-refractivity contribution in [3.63, 3.8) is 0 Å². The van der Waals surface area contributed by atoms with E-state index in [4.69, 9.17) is 27.6 Å². The third-order valence-corrected chi connectivity index (χ3v) is 2.59. The van der Waals surface area contributed by atoms with Gasteiger partial charge in [0.15, 0.2) is 0 Å². The van der Waals surface area contributed by atoms with Gasteiger partial charge in [0.1, 0.15) is 16.4 Å². The van der Waals surface area contributed by atoms with Gasteiger partial charge in [0.25, 0.3) is 0 Å². The maximum Gasteiger partial charge on any atom is 0.356 e. The van der Waals surface area contributed by atoms with E-state index >= 15 is 0 Å². The van der Waals surface area contributed by atoms with Crippen LogP contribution in [0.15, 0.2) is 27.4 Å². The lowest BCUT2D eigenvalue weighted by Gasteiger charge is -2.00. The minimum absolute atomic E-state index is 0.0115. The second-order valence-corrected chi connectivity index (χ2v) is 3.41. The molecule has 0 N–H and O–H groups in total. The Labute approximate surface area is 87.9 Å². The lowest BCUT2D eigenvalue weighted by Crippen LogP contribution is -1.99. The summed E-state index contributed by atoms with van der Waals surface area (Å²) in [7, 11) is 0. The number of halogens is 3. The Kier molecular flexibility index (Phi) is 2.21. The van der Waals surface area contributed by atoms with Crippen LogP contribution in [0.3, 0.4) is 0 Å². The Hall–Kier alpha value is -1.06. The van der Waals surface area contributed by atoms with Crippen molar-refractivity contribution in [3.8, 4) is 0 Å². The highest BCUT2D eigenvalue weighted by molar-refractivity contribution is 6.44. The molecule has 0 spiro atoms. The van der Waals surface area contributed by atoms with Crippen molar-refractivity contribution in [3.05, 3.63) is 44.5 Å². The summed E-state index contributed by atoms with van der Waals surface area (Å²) in [6.07, 6.45) is 0. The third kappa shape index (κ3) is 1.38. The zero-order valence-corrected chi connectivity index (χ0v) is 8.19. The molecule has 1 heterocycles. The van der Waals surface area contributed by atoms with Crippen molar-refractivity contribution in [1.82, 2.24) is 0 Å². The number of hydrogen-bond donors (Lipinski definition) is 0. The molecule has 0 aliphatic rings. The van der Waals surface area contributed by atoms with Gasteiger partial charge >= 0.3 is 5.63 Å². The van der Waals surface area contributed by atoms with E-state index in [-0.39, 0.29) is 21.0 Å². The van der Waals surface area contributed by atoms with Crippen LogP contribution in [0, 0.1) is 5.82 Å². The van der Waals surface area contributed by atoms with Gasteiger partial charge in [-0.15, -0.1) is 0 Å². The molecule has 5 heteroatoms. The van der Waals surface area contributed by atoms with E-state index in [1.54, 1.807) is 0 Å². The molecule has 0 atom stereocenters. The molecule has 0 saturated carbocycles. The maximum atomic E-state index is 12.8. The van der Waals surface area contributed by atoms with Gasteiger partial charge in [0, 0.05) is 5.39 Å². The normalized spacial score (nSPS) is 10.8. The molecular formula is C9H3Cl2FO2. The zero-order chi connectivity index (χ0) is 10.3. The Morgan fingerprint density at radius 1 is 1.21 bits per heavy atom. The first-order chi connectivity index (χ1) is 6.59. The average Bonchev–Trinajstić information content (AvgIpc) is 2.16. The molecule has 0 saturated heterocycles. The van der Waals surface area contributed by atoms with Crippen LogP contribution in [0.2, 0.25) is 10.0 Å². The molecule has 2 rings (SSSR count). The van der Waals surface area contributed by atoms with Crippen LogP contribution in [-0.4, -0.2) is 0 Å². The fourth-order valence-corrected chi connectivity index (χ4v) is 1.48. The predicted molar refractivity (Wildman–Crippen MR) is 52.5 cm³/mol. The third-order valence-electron chi connectivity index (χ3n) is 1.75. The van der Waals surface area contributed by atoms with E-state index in [0.29, 0.717) is 0 Å². The summed E-state index contributed by atoms with van der Waals surface area (Å²) in [4.78, 5) is 11.1. The van der Waals surface area contributed by atoms with Gasteiger partial charge in [-0.3, -0.25) is 0 Å². The van der Waals surface area contributed by atoms with Gasteiger partial charge in [-0.25, -0.2) is 9.18 Å². The summed E-state index contributed by atoms with van der Waals surface area (Å²) in [5.41, 5.74) is -0.512. The molecule has 1 aromatic carbocycles. The van der Waals surface area contributed by atoms with Crippen LogP contribution >= 0.6 is 23.2 Å². The largest absolute Gasteiger partial charge is 0.422 e. The Balaban J connectivity index is 2.99. The minimum Gasteiger partial charge on any atom is -0.422 e. The molecule has 1 aromatic heterocycles. The van der Waals surface area contributed by atoms with Crippen molar-refractivity contribution >= 4 is 34.2 Å². The average molecular weight is 233 g/mol. The number of fused-ring (bicyclic) bond motifs is 1. The SMILES string of the molecule is O=c1oc2ccc(F)cc2c(Cl)c1Cl.